The number of pyridine rings is 1. The van der Waals surface area contributed by atoms with E-state index in [9.17, 15) is 8.42 Å². The number of hydrogen-bond acceptors (Lipinski definition) is 4. The van der Waals surface area contributed by atoms with Crippen molar-refractivity contribution in [3.05, 3.63) is 20.9 Å². The van der Waals surface area contributed by atoms with Crippen molar-refractivity contribution >= 4 is 49.8 Å². The Morgan fingerprint density at radius 2 is 2.24 bits per heavy atom. The Hall–Kier alpha value is -0.0800. The second kappa shape index (κ2) is 4.89. The Morgan fingerprint density at radius 1 is 1.59 bits per heavy atom. The standard InChI is InChI=1S/C10H12ClIN2O2S/c1-17(15,16)6-7-4-14(5-7)10-9(11)8(12)2-3-13-10/h2-3,7H,4-6H2,1H3. The van der Waals surface area contributed by atoms with Crippen LogP contribution >= 0.6 is 34.2 Å². The van der Waals surface area contributed by atoms with Crippen LogP contribution in [0, 0.1) is 9.49 Å². The summed E-state index contributed by atoms with van der Waals surface area (Å²) in [4.78, 5) is 6.25. The summed E-state index contributed by atoms with van der Waals surface area (Å²) in [7, 11) is -2.89. The fourth-order valence-corrected chi connectivity index (χ4v) is 3.61. The van der Waals surface area contributed by atoms with Gasteiger partial charge in [0.1, 0.15) is 15.7 Å². The third-order valence-corrected chi connectivity index (χ3v) is 5.29. The molecule has 94 valence electrons. The number of halogens is 2. The molecule has 1 aromatic heterocycles. The highest BCUT2D eigenvalue weighted by molar-refractivity contribution is 14.1. The van der Waals surface area contributed by atoms with Crippen molar-refractivity contribution in [2.75, 3.05) is 30.0 Å². The number of sulfone groups is 1. The van der Waals surface area contributed by atoms with E-state index in [1.54, 1.807) is 6.20 Å². The number of aromatic nitrogens is 1. The molecule has 4 nitrogen and oxygen atoms in total. The first-order valence-corrected chi connectivity index (χ1v) is 8.61. The number of hydrogen-bond donors (Lipinski definition) is 0. The molecule has 1 aromatic rings. The summed E-state index contributed by atoms with van der Waals surface area (Å²) in [6.45, 7) is 1.42. The molecule has 0 bridgehead atoms. The van der Waals surface area contributed by atoms with Gasteiger partial charge in [0.25, 0.3) is 0 Å². The van der Waals surface area contributed by atoms with Crippen LogP contribution in [0.25, 0.3) is 0 Å². The SMILES string of the molecule is CS(=O)(=O)CC1CN(c2nccc(I)c2Cl)C1. The number of nitrogens with zero attached hydrogens (tertiary/aromatic N) is 2. The summed E-state index contributed by atoms with van der Waals surface area (Å²) >= 11 is 8.31. The summed E-state index contributed by atoms with van der Waals surface area (Å²) in [5.74, 6) is 1.19. The lowest BCUT2D eigenvalue weighted by Crippen LogP contribution is -2.50. The van der Waals surface area contributed by atoms with Gasteiger partial charge in [-0.3, -0.25) is 0 Å². The normalized spacial score (nSPS) is 17.0. The molecule has 0 unspecified atom stereocenters. The van der Waals surface area contributed by atoms with E-state index in [1.807, 2.05) is 11.0 Å². The van der Waals surface area contributed by atoms with Crippen molar-refractivity contribution in [1.29, 1.82) is 0 Å². The van der Waals surface area contributed by atoms with Gasteiger partial charge in [0.2, 0.25) is 0 Å². The summed E-state index contributed by atoms with van der Waals surface area (Å²) in [6, 6.07) is 1.85. The Morgan fingerprint density at radius 3 is 2.82 bits per heavy atom. The predicted octanol–water partition coefficient (Wildman–Crippen LogP) is 1.82. The minimum atomic E-state index is -2.89. The molecule has 1 saturated heterocycles. The first-order valence-electron chi connectivity index (χ1n) is 5.09. The Balaban J connectivity index is 2.02. The largest absolute Gasteiger partial charge is 0.355 e. The topological polar surface area (TPSA) is 50.3 Å². The van der Waals surface area contributed by atoms with Gasteiger partial charge in [-0.15, -0.1) is 0 Å². The minimum absolute atomic E-state index is 0.195. The van der Waals surface area contributed by atoms with E-state index in [4.69, 9.17) is 11.6 Å². The summed E-state index contributed by atoms with van der Waals surface area (Å²) in [6.07, 6.45) is 2.99. The number of anilines is 1. The van der Waals surface area contributed by atoms with Gasteiger partial charge in [-0.05, 0) is 28.7 Å². The van der Waals surface area contributed by atoms with Crippen LogP contribution in [0.1, 0.15) is 0 Å². The molecule has 0 atom stereocenters. The van der Waals surface area contributed by atoms with Crippen molar-refractivity contribution in [3.63, 3.8) is 0 Å². The van der Waals surface area contributed by atoms with Crippen molar-refractivity contribution in [1.82, 2.24) is 4.98 Å². The maximum atomic E-state index is 11.1. The first-order chi connectivity index (χ1) is 7.87. The van der Waals surface area contributed by atoms with Crippen LogP contribution in [0.3, 0.4) is 0 Å². The lowest BCUT2D eigenvalue weighted by atomic mass is 10.0. The Kier molecular flexibility index (Phi) is 3.84. The molecule has 2 rings (SSSR count). The lowest BCUT2D eigenvalue weighted by molar-refractivity contribution is 0.441. The van der Waals surface area contributed by atoms with Gasteiger partial charge in [-0.25, -0.2) is 13.4 Å². The second-order valence-electron chi connectivity index (χ2n) is 4.29. The zero-order chi connectivity index (χ0) is 12.6. The van der Waals surface area contributed by atoms with Crippen LogP contribution in [0.5, 0.6) is 0 Å². The van der Waals surface area contributed by atoms with E-state index in [0.717, 1.165) is 9.39 Å². The monoisotopic (exact) mass is 386 g/mol. The molecular formula is C10H12ClIN2O2S. The summed E-state index contributed by atoms with van der Waals surface area (Å²) in [5.41, 5.74) is 0. The minimum Gasteiger partial charge on any atom is -0.355 e. The van der Waals surface area contributed by atoms with Gasteiger partial charge in [-0.1, -0.05) is 11.6 Å². The van der Waals surface area contributed by atoms with Crippen LogP contribution in [0.15, 0.2) is 12.3 Å². The maximum absolute atomic E-state index is 11.1. The van der Waals surface area contributed by atoms with Crippen molar-refractivity contribution in [3.8, 4) is 0 Å². The maximum Gasteiger partial charge on any atom is 0.148 e. The second-order valence-corrected chi connectivity index (χ2v) is 8.02. The van der Waals surface area contributed by atoms with Gasteiger partial charge in [0.05, 0.1) is 10.8 Å². The fourth-order valence-electron chi connectivity index (χ4n) is 1.91. The molecule has 0 spiro atoms. The highest BCUT2D eigenvalue weighted by atomic mass is 127. The fraction of sp³-hybridized carbons (Fsp3) is 0.500. The van der Waals surface area contributed by atoms with E-state index in [0.29, 0.717) is 18.1 Å². The molecule has 1 aliphatic rings. The van der Waals surface area contributed by atoms with Gasteiger partial charge in [0, 0.05) is 35.0 Å². The van der Waals surface area contributed by atoms with Crippen LogP contribution in [-0.4, -0.2) is 38.5 Å². The molecular weight excluding hydrogens is 375 g/mol. The van der Waals surface area contributed by atoms with Gasteiger partial charge in [0.15, 0.2) is 0 Å². The average molecular weight is 387 g/mol. The Labute approximate surface area is 119 Å². The highest BCUT2D eigenvalue weighted by Gasteiger charge is 2.31. The van der Waals surface area contributed by atoms with E-state index >= 15 is 0 Å². The van der Waals surface area contributed by atoms with Crippen LogP contribution < -0.4 is 4.90 Å². The highest BCUT2D eigenvalue weighted by Crippen LogP contribution is 2.32. The van der Waals surface area contributed by atoms with E-state index < -0.39 is 9.84 Å². The first kappa shape index (κ1) is 13.4. The van der Waals surface area contributed by atoms with Gasteiger partial charge >= 0.3 is 0 Å². The molecule has 0 amide bonds. The quantitative estimate of drug-likeness (QED) is 0.744. The number of rotatable bonds is 3. The lowest BCUT2D eigenvalue weighted by Gasteiger charge is -2.40. The molecule has 1 fully saturated rings. The smallest absolute Gasteiger partial charge is 0.148 e. The van der Waals surface area contributed by atoms with E-state index in [2.05, 4.69) is 27.6 Å². The molecule has 0 radical (unpaired) electrons. The average Bonchev–Trinajstić information content (AvgIpc) is 2.15. The molecule has 17 heavy (non-hydrogen) atoms. The molecule has 0 aliphatic carbocycles. The van der Waals surface area contributed by atoms with Crippen molar-refractivity contribution in [2.24, 2.45) is 5.92 Å². The van der Waals surface area contributed by atoms with E-state index in [-0.39, 0.29) is 11.7 Å². The van der Waals surface area contributed by atoms with Crippen LogP contribution in [0.2, 0.25) is 5.02 Å². The zero-order valence-corrected chi connectivity index (χ0v) is 13.0. The van der Waals surface area contributed by atoms with Crippen molar-refractivity contribution < 1.29 is 8.42 Å². The van der Waals surface area contributed by atoms with Gasteiger partial charge < -0.3 is 4.90 Å². The van der Waals surface area contributed by atoms with E-state index in [1.165, 1.54) is 6.26 Å². The van der Waals surface area contributed by atoms with Crippen molar-refractivity contribution in [2.45, 2.75) is 0 Å². The summed E-state index contributed by atoms with van der Waals surface area (Å²) in [5, 5.41) is 0.644. The molecule has 0 saturated carbocycles. The molecule has 7 heteroatoms. The van der Waals surface area contributed by atoms with Crippen LogP contribution in [-0.2, 0) is 9.84 Å². The molecule has 1 aliphatic heterocycles. The third-order valence-electron chi connectivity index (χ3n) is 2.62. The molecule has 2 heterocycles. The molecule has 0 aromatic carbocycles. The summed E-state index contributed by atoms with van der Waals surface area (Å²) < 4.78 is 23.2. The zero-order valence-electron chi connectivity index (χ0n) is 9.23. The van der Waals surface area contributed by atoms with Gasteiger partial charge in [-0.2, -0.15) is 0 Å². The third kappa shape index (κ3) is 3.23. The Bertz CT molecular complexity index is 529. The van der Waals surface area contributed by atoms with Crippen LogP contribution in [0.4, 0.5) is 5.82 Å². The predicted molar refractivity (Wildman–Crippen MR) is 77.4 cm³/mol. The molecule has 0 N–H and O–H groups in total.